The molecule has 3 aromatic rings. The van der Waals surface area contributed by atoms with E-state index in [0.717, 1.165) is 24.3 Å². The molecule has 0 spiro atoms. The zero-order chi connectivity index (χ0) is 13.8. The second-order valence-electron chi connectivity index (χ2n) is 5.78. The summed E-state index contributed by atoms with van der Waals surface area (Å²) in [6, 6.07) is 17.2. The Morgan fingerprint density at radius 2 is 1.86 bits per heavy atom. The van der Waals surface area contributed by atoms with Crippen molar-refractivity contribution >= 4 is 16.8 Å². The molecule has 2 aliphatic rings. The minimum Gasteiger partial charge on any atom is -0.456 e. The number of fused-ring (bicyclic) bond motifs is 3. The lowest BCUT2D eigenvalue weighted by Crippen LogP contribution is -2.07. The fraction of sp³-hybridized carbons (Fsp3) is 0.100. The third-order valence-corrected chi connectivity index (χ3v) is 4.51. The van der Waals surface area contributed by atoms with E-state index >= 15 is 0 Å². The molecular formula is C20H14O. The summed E-state index contributed by atoms with van der Waals surface area (Å²) in [4.78, 5) is 0. The Morgan fingerprint density at radius 3 is 2.86 bits per heavy atom. The first-order valence-electron chi connectivity index (χ1n) is 7.40. The Balaban J connectivity index is 1.83. The van der Waals surface area contributed by atoms with Gasteiger partial charge in [0.2, 0.25) is 0 Å². The molecule has 1 heteroatoms. The van der Waals surface area contributed by atoms with Gasteiger partial charge in [0.15, 0.2) is 0 Å². The van der Waals surface area contributed by atoms with E-state index in [4.69, 9.17) is 4.74 Å². The molecule has 0 amide bonds. The van der Waals surface area contributed by atoms with Gasteiger partial charge in [0, 0.05) is 17.5 Å². The van der Waals surface area contributed by atoms with Crippen LogP contribution in [0.3, 0.4) is 0 Å². The topological polar surface area (TPSA) is 9.23 Å². The average Bonchev–Trinajstić information content (AvgIpc) is 2.54. The Hall–Kier alpha value is -2.54. The van der Waals surface area contributed by atoms with Gasteiger partial charge >= 0.3 is 0 Å². The highest BCUT2D eigenvalue weighted by atomic mass is 16.5. The summed E-state index contributed by atoms with van der Waals surface area (Å²) in [5.74, 6) is 2.09. The molecule has 21 heavy (non-hydrogen) atoms. The van der Waals surface area contributed by atoms with E-state index < -0.39 is 0 Å². The zero-order valence-corrected chi connectivity index (χ0v) is 11.6. The molecule has 0 fully saturated rings. The minimum absolute atomic E-state index is 0.957. The summed E-state index contributed by atoms with van der Waals surface area (Å²) in [6.45, 7) is 0. The van der Waals surface area contributed by atoms with Gasteiger partial charge in [-0.15, -0.1) is 0 Å². The average molecular weight is 270 g/mol. The predicted octanol–water partition coefficient (Wildman–Crippen LogP) is 5.11. The third-order valence-electron chi connectivity index (χ3n) is 4.51. The fourth-order valence-electron chi connectivity index (χ4n) is 3.58. The normalized spacial score (nSPS) is 14.5. The Labute approximate surface area is 123 Å². The summed E-state index contributed by atoms with van der Waals surface area (Å²) < 4.78 is 6.26. The van der Waals surface area contributed by atoms with Crippen molar-refractivity contribution in [1.29, 1.82) is 0 Å². The van der Waals surface area contributed by atoms with Crippen LogP contribution in [0.2, 0.25) is 0 Å². The molecule has 0 unspecified atom stereocenters. The van der Waals surface area contributed by atoms with Crippen molar-refractivity contribution in [2.24, 2.45) is 0 Å². The van der Waals surface area contributed by atoms with Gasteiger partial charge in [-0.3, -0.25) is 0 Å². The van der Waals surface area contributed by atoms with Crippen molar-refractivity contribution in [3.63, 3.8) is 0 Å². The van der Waals surface area contributed by atoms with E-state index in [1.165, 1.54) is 33.0 Å². The molecule has 0 N–H and O–H groups in total. The maximum Gasteiger partial charge on any atom is 0.135 e. The van der Waals surface area contributed by atoms with Crippen LogP contribution in [0.25, 0.3) is 16.8 Å². The van der Waals surface area contributed by atoms with E-state index in [0.29, 0.717) is 0 Å². The van der Waals surface area contributed by atoms with E-state index in [1.807, 2.05) is 6.07 Å². The third kappa shape index (κ3) is 1.52. The second kappa shape index (κ2) is 3.98. The van der Waals surface area contributed by atoms with Crippen LogP contribution in [0.15, 0.2) is 54.6 Å². The first kappa shape index (κ1) is 11.2. The molecule has 0 bridgehead atoms. The molecular weight excluding hydrogens is 256 g/mol. The highest BCUT2D eigenvalue weighted by Crippen LogP contribution is 2.44. The Morgan fingerprint density at radius 1 is 0.905 bits per heavy atom. The van der Waals surface area contributed by atoms with Crippen LogP contribution in [0.1, 0.15) is 22.3 Å². The smallest absolute Gasteiger partial charge is 0.135 e. The van der Waals surface area contributed by atoms with Gasteiger partial charge < -0.3 is 4.74 Å². The first-order valence-corrected chi connectivity index (χ1v) is 7.40. The van der Waals surface area contributed by atoms with Gasteiger partial charge in [0.1, 0.15) is 11.5 Å². The second-order valence-corrected chi connectivity index (χ2v) is 5.78. The van der Waals surface area contributed by atoms with Crippen LogP contribution < -0.4 is 4.74 Å². The fourth-order valence-corrected chi connectivity index (χ4v) is 3.58. The largest absolute Gasteiger partial charge is 0.456 e. The van der Waals surface area contributed by atoms with Gasteiger partial charge in [0.05, 0.1) is 0 Å². The number of hydrogen-bond acceptors (Lipinski definition) is 1. The zero-order valence-electron chi connectivity index (χ0n) is 11.6. The van der Waals surface area contributed by atoms with Crippen molar-refractivity contribution in [1.82, 2.24) is 0 Å². The van der Waals surface area contributed by atoms with Crippen molar-refractivity contribution in [2.45, 2.75) is 12.8 Å². The lowest BCUT2D eigenvalue weighted by Gasteiger charge is -2.25. The van der Waals surface area contributed by atoms with Crippen LogP contribution in [0.4, 0.5) is 0 Å². The quantitative estimate of drug-likeness (QED) is 0.431. The highest BCUT2D eigenvalue weighted by Gasteiger charge is 2.23. The molecule has 0 saturated carbocycles. The number of ether oxygens (including phenoxy) is 1. The van der Waals surface area contributed by atoms with Crippen molar-refractivity contribution in [3.8, 4) is 11.5 Å². The monoisotopic (exact) mass is 270 g/mol. The van der Waals surface area contributed by atoms with Crippen LogP contribution >= 0.6 is 0 Å². The lowest BCUT2D eigenvalue weighted by atomic mass is 9.87. The molecule has 1 heterocycles. The van der Waals surface area contributed by atoms with Crippen LogP contribution in [0.5, 0.6) is 11.5 Å². The summed E-state index contributed by atoms with van der Waals surface area (Å²) >= 11 is 0. The lowest BCUT2D eigenvalue weighted by molar-refractivity contribution is 0.456. The standard InChI is InChI=1S/C20H14O/c1-2-10-18-14(5-1)11-16-12-15-8-3-6-13-7-4-9-17(19(13)15)20(16)21-18/h1-8,10,12H,9,11H2. The number of rotatable bonds is 0. The van der Waals surface area contributed by atoms with Crippen LogP contribution in [-0.4, -0.2) is 0 Å². The molecule has 3 aromatic carbocycles. The Kier molecular flexibility index (Phi) is 2.12. The van der Waals surface area contributed by atoms with Crippen LogP contribution in [0, 0.1) is 0 Å². The molecule has 0 radical (unpaired) electrons. The first-order chi connectivity index (χ1) is 10.4. The summed E-state index contributed by atoms with van der Waals surface area (Å²) in [7, 11) is 0. The van der Waals surface area contributed by atoms with Gasteiger partial charge in [0.25, 0.3) is 0 Å². The van der Waals surface area contributed by atoms with Crippen molar-refractivity contribution in [2.75, 3.05) is 0 Å². The predicted molar refractivity (Wildman–Crippen MR) is 86.0 cm³/mol. The number of benzene rings is 3. The van der Waals surface area contributed by atoms with E-state index in [9.17, 15) is 0 Å². The summed E-state index contributed by atoms with van der Waals surface area (Å²) in [5, 5.41) is 2.69. The maximum absolute atomic E-state index is 6.26. The van der Waals surface area contributed by atoms with E-state index in [2.05, 4.69) is 54.6 Å². The number of para-hydroxylation sites is 1. The van der Waals surface area contributed by atoms with Crippen LogP contribution in [-0.2, 0) is 12.8 Å². The van der Waals surface area contributed by atoms with Gasteiger partial charge in [-0.2, -0.15) is 0 Å². The van der Waals surface area contributed by atoms with Gasteiger partial charge in [-0.1, -0.05) is 48.6 Å². The Bertz CT molecular complexity index is 919. The molecule has 5 rings (SSSR count). The van der Waals surface area contributed by atoms with E-state index in [1.54, 1.807) is 0 Å². The van der Waals surface area contributed by atoms with E-state index in [-0.39, 0.29) is 0 Å². The molecule has 0 saturated heterocycles. The van der Waals surface area contributed by atoms with Crippen molar-refractivity contribution < 1.29 is 4.74 Å². The summed E-state index contributed by atoms with van der Waals surface area (Å²) in [5.41, 5.74) is 5.23. The molecule has 0 atom stereocenters. The highest BCUT2D eigenvalue weighted by molar-refractivity contribution is 5.97. The van der Waals surface area contributed by atoms with Crippen molar-refractivity contribution in [3.05, 3.63) is 76.9 Å². The molecule has 100 valence electrons. The maximum atomic E-state index is 6.26. The number of allylic oxidation sites excluding steroid dienone is 1. The SMILES string of the molecule is C1=Cc2cccc3cc4c(c(c23)C1)Oc1ccccc1C4. The molecule has 1 aliphatic heterocycles. The molecule has 1 aliphatic carbocycles. The minimum atomic E-state index is 0.957. The molecule has 0 aromatic heterocycles. The molecule has 1 nitrogen and oxygen atoms in total. The summed E-state index contributed by atoms with van der Waals surface area (Å²) in [6.07, 6.45) is 6.38. The van der Waals surface area contributed by atoms with Gasteiger partial charge in [-0.25, -0.2) is 0 Å². The number of hydrogen-bond donors (Lipinski definition) is 0. The van der Waals surface area contributed by atoms with Gasteiger partial charge in [-0.05, 0) is 40.5 Å².